The van der Waals surface area contributed by atoms with Crippen LogP contribution in [0.25, 0.3) is 11.0 Å². The summed E-state index contributed by atoms with van der Waals surface area (Å²) in [6.45, 7) is 3.80. The van der Waals surface area contributed by atoms with E-state index in [1.165, 1.54) is 11.3 Å². The molecule has 1 aliphatic rings. The number of thiophene rings is 1. The fourth-order valence-corrected chi connectivity index (χ4v) is 4.19. The van der Waals surface area contributed by atoms with Crippen LogP contribution in [0.1, 0.15) is 27.0 Å². The Morgan fingerprint density at radius 3 is 2.69 bits per heavy atom. The molecule has 1 saturated heterocycles. The van der Waals surface area contributed by atoms with Gasteiger partial charge in [0, 0.05) is 32.4 Å². The molecule has 1 amide bonds. The minimum Gasteiger partial charge on any atom is -0.462 e. The zero-order valence-corrected chi connectivity index (χ0v) is 16.7. The van der Waals surface area contributed by atoms with Gasteiger partial charge in [0.1, 0.15) is 5.52 Å². The lowest BCUT2D eigenvalue weighted by Crippen LogP contribution is -2.49. The topological polar surface area (TPSA) is 95.6 Å². The van der Waals surface area contributed by atoms with E-state index in [9.17, 15) is 14.4 Å². The number of hydrogen-bond acceptors (Lipinski definition) is 7. The normalized spacial score (nSPS) is 14.2. The second-order valence-corrected chi connectivity index (χ2v) is 7.50. The Morgan fingerprint density at radius 1 is 1.21 bits per heavy atom. The summed E-state index contributed by atoms with van der Waals surface area (Å²) in [5.41, 5.74) is 1.00. The summed E-state index contributed by atoms with van der Waals surface area (Å²) < 4.78 is 5.12. The van der Waals surface area contributed by atoms with Crippen molar-refractivity contribution in [2.24, 2.45) is 0 Å². The fraction of sp³-hybridized carbons (Fsp3) is 0.300. The van der Waals surface area contributed by atoms with Crippen LogP contribution in [0.3, 0.4) is 0 Å². The SMILES string of the molecule is CCOC(=O)c1c(N2CCN(C(=O)c3cccs3)CC2)c2ncccc2[nH]c1=O. The Balaban J connectivity index is 1.68. The number of fused-ring (bicyclic) bond motifs is 1. The number of nitrogens with one attached hydrogen (secondary N) is 1. The van der Waals surface area contributed by atoms with E-state index < -0.39 is 11.5 Å². The van der Waals surface area contributed by atoms with Crippen molar-refractivity contribution in [3.8, 4) is 0 Å². The first-order chi connectivity index (χ1) is 14.1. The molecule has 0 saturated carbocycles. The number of aromatic nitrogens is 2. The highest BCUT2D eigenvalue weighted by Crippen LogP contribution is 2.28. The highest BCUT2D eigenvalue weighted by molar-refractivity contribution is 7.12. The summed E-state index contributed by atoms with van der Waals surface area (Å²) in [6.07, 6.45) is 1.62. The maximum atomic E-state index is 12.7. The zero-order chi connectivity index (χ0) is 20.4. The number of carbonyl (C=O) groups excluding carboxylic acids is 2. The van der Waals surface area contributed by atoms with Crippen molar-refractivity contribution in [1.82, 2.24) is 14.9 Å². The van der Waals surface area contributed by atoms with Gasteiger partial charge < -0.3 is 19.5 Å². The molecule has 1 aliphatic heterocycles. The Labute approximate surface area is 170 Å². The molecule has 29 heavy (non-hydrogen) atoms. The predicted octanol–water partition coefficient (Wildman–Crippen LogP) is 2.12. The number of amides is 1. The minimum atomic E-state index is -0.673. The molecule has 4 rings (SSSR count). The molecule has 4 heterocycles. The summed E-state index contributed by atoms with van der Waals surface area (Å²) in [4.78, 5) is 49.4. The van der Waals surface area contributed by atoms with E-state index >= 15 is 0 Å². The first-order valence-corrected chi connectivity index (χ1v) is 10.2. The van der Waals surface area contributed by atoms with Crippen molar-refractivity contribution in [3.05, 3.63) is 56.6 Å². The molecule has 9 heteroatoms. The summed E-state index contributed by atoms with van der Waals surface area (Å²) in [7, 11) is 0. The number of carbonyl (C=O) groups is 2. The average molecular weight is 412 g/mol. The second-order valence-electron chi connectivity index (χ2n) is 6.55. The molecule has 0 bridgehead atoms. The van der Waals surface area contributed by atoms with Crippen molar-refractivity contribution in [3.63, 3.8) is 0 Å². The van der Waals surface area contributed by atoms with Crippen molar-refractivity contribution >= 4 is 39.9 Å². The van der Waals surface area contributed by atoms with Crippen LogP contribution in [0.5, 0.6) is 0 Å². The van der Waals surface area contributed by atoms with E-state index in [1.54, 1.807) is 30.2 Å². The van der Waals surface area contributed by atoms with Gasteiger partial charge in [-0.1, -0.05) is 6.07 Å². The van der Waals surface area contributed by atoms with E-state index in [2.05, 4.69) is 9.97 Å². The van der Waals surface area contributed by atoms with Crippen LogP contribution >= 0.6 is 11.3 Å². The highest BCUT2D eigenvalue weighted by atomic mass is 32.1. The van der Waals surface area contributed by atoms with Crippen LogP contribution in [0.4, 0.5) is 5.69 Å². The van der Waals surface area contributed by atoms with Crippen LogP contribution in [-0.4, -0.2) is 59.5 Å². The van der Waals surface area contributed by atoms with Crippen molar-refractivity contribution in [2.45, 2.75) is 6.92 Å². The Hall–Kier alpha value is -3.20. The quantitative estimate of drug-likeness (QED) is 0.660. The Kier molecular flexibility index (Phi) is 5.30. The lowest BCUT2D eigenvalue weighted by atomic mass is 10.1. The minimum absolute atomic E-state index is 0.000780. The lowest BCUT2D eigenvalue weighted by molar-refractivity contribution is 0.0524. The van der Waals surface area contributed by atoms with Gasteiger partial charge >= 0.3 is 5.97 Å². The maximum Gasteiger partial charge on any atom is 0.346 e. The van der Waals surface area contributed by atoms with Crippen LogP contribution < -0.4 is 10.5 Å². The summed E-state index contributed by atoms with van der Waals surface area (Å²) in [6, 6.07) is 7.14. The molecule has 3 aromatic heterocycles. The molecule has 0 spiro atoms. The van der Waals surface area contributed by atoms with Gasteiger partial charge in [-0.05, 0) is 30.5 Å². The molecule has 1 fully saturated rings. The number of ether oxygens (including phenoxy) is 1. The number of nitrogens with zero attached hydrogens (tertiary/aromatic N) is 3. The van der Waals surface area contributed by atoms with E-state index in [4.69, 9.17) is 4.74 Å². The molecule has 3 aromatic rings. The van der Waals surface area contributed by atoms with Gasteiger partial charge in [-0.25, -0.2) is 4.79 Å². The Bertz CT molecular complexity index is 1100. The van der Waals surface area contributed by atoms with Gasteiger partial charge in [-0.15, -0.1) is 11.3 Å². The number of rotatable bonds is 4. The molecule has 0 aliphatic carbocycles. The van der Waals surface area contributed by atoms with E-state index in [0.29, 0.717) is 47.8 Å². The third-order valence-electron chi connectivity index (χ3n) is 4.84. The Morgan fingerprint density at radius 2 is 2.00 bits per heavy atom. The molecule has 150 valence electrons. The standard InChI is InChI=1S/C20H20N4O4S/c1-2-28-20(27)15-17(16-13(22-18(15)25)5-3-7-21-16)23-8-10-24(11-9-23)19(26)14-6-4-12-29-14/h3-7,12H,2,8-11H2,1H3,(H,22,25). The lowest BCUT2D eigenvalue weighted by Gasteiger charge is -2.36. The molecular formula is C20H20N4O4S. The van der Waals surface area contributed by atoms with E-state index in [1.807, 2.05) is 22.4 Å². The summed E-state index contributed by atoms with van der Waals surface area (Å²) in [5, 5.41) is 1.88. The molecule has 1 N–H and O–H groups in total. The molecule has 0 radical (unpaired) electrons. The highest BCUT2D eigenvalue weighted by Gasteiger charge is 2.29. The smallest absolute Gasteiger partial charge is 0.346 e. The van der Waals surface area contributed by atoms with Crippen LogP contribution in [0.2, 0.25) is 0 Å². The first-order valence-electron chi connectivity index (χ1n) is 9.36. The fourth-order valence-electron chi connectivity index (χ4n) is 3.50. The molecule has 0 unspecified atom stereocenters. The maximum absolute atomic E-state index is 12.7. The zero-order valence-electron chi connectivity index (χ0n) is 15.9. The summed E-state index contributed by atoms with van der Waals surface area (Å²) in [5.74, 6) is -0.674. The van der Waals surface area contributed by atoms with Gasteiger partial charge in [0.25, 0.3) is 11.5 Å². The second kappa shape index (κ2) is 8.04. The molecule has 0 aromatic carbocycles. The van der Waals surface area contributed by atoms with Gasteiger partial charge in [-0.2, -0.15) is 0 Å². The monoisotopic (exact) mass is 412 g/mol. The van der Waals surface area contributed by atoms with E-state index in [0.717, 1.165) is 0 Å². The van der Waals surface area contributed by atoms with Crippen LogP contribution in [0.15, 0.2) is 40.6 Å². The van der Waals surface area contributed by atoms with E-state index in [-0.39, 0.29) is 18.1 Å². The largest absolute Gasteiger partial charge is 0.462 e. The number of pyridine rings is 2. The third kappa shape index (κ3) is 3.61. The van der Waals surface area contributed by atoms with Crippen LogP contribution in [-0.2, 0) is 4.74 Å². The number of aromatic amines is 1. The van der Waals surface area contributed by atoms with Gasteiger partial charge in [0.05, 0.1) is 22.7 Å². The van der Waals surface area contributed by atoms with Crippen molar-refractivity contribution < 1.29 is 14.3 Å². The van der Waals surface area contributed by atoms with Crippen molar-refractivity contribution in [1.29, 1.82) is 0 Å². The molecule has 0 atom stereocenters. The van der Waals surface area contributed by atoms with Gasteiger partial charge in [0.2, 0.25) is 0 Å². The number of anilines is 1. The third-order valence-corrected chi connectivity index (χ3v) is 5.70. The van der Waals surface area contributed by atoms with Crippen molar-refractivity contribution in [2.75, 3.05) is 37.7 Å². The van der Waals surface area contributed by atoms with Gasteiger partial charge in [0.15, 0.2) is 5.56 Å². The van der Waals surface area contributed by atoms with Gasteiger partial charge in [-0.3, -0.25) is 14.6 Å². The predicted molar refractivity (Wildman–Crippen MR) is 111 cm³/mol. The summed E-state index contributed by atoms with van der Waals surface area (Å²) >= 11 is 1.42. The number of piperazine rings is 1. The molecular weight excluding hydrogens is 392 g/mol. The average Bonchev–Trinajstić information content (AvgIpc) is 3.27. The molecule has 8 nitrogen and oxygen atoms in total. The first kappa shape index (κ1) is 19.1. The number of H-pyrrole nitrogens is 1. The number of esters is 1. The number of hydrogen-bond donors (Lipinski definition) is 1. The van der Waals surface area contributed by atoms with Crippen LogP contribution in [0, 0.1) is 0 Å².